The Morgan fingerprint density at radius 3 is 2.11 bits per heavy atom. The van der Waals surface area contributed by atoms with Gasteiger partial charge in [-0.05, 0) is 12.5 Å². The molecule has 18 heavy (non-hydrogen) atoms. The maximum absolute atomic E-state index is 11.1. The monoisotopic (exact) mass is 267 g/mol. The Labute approximate surface area is 108 Å². The zero-order valence-electron chi connectivity index (χ0n) is 10.7. The van der Waals surface area contributed by atoms with Crippen LogP contribution in [0, 0.1) is 0 Å². The largest absolute Gasteiger partial charge is 0.484 e. The molecule has 5 nitrogen and oxygen atoms in total. The third-order valence-electron chi connectivity index (χ3n) is 2.29. The van der Waals surface area contributed by atoms with Crippen molar-refractivity contribution in [1.82, 2.24) is 0 Å². The topological polar surface area (TPSA) is 78.6 Å². The second-order valence-corrected chi connectivity index (χ2v) is 5.73. The molecule has 0 amide bonds. The highest BCUT2D eigenvalue weighted by atomic mass is 28.3. The minimum atomic E-state index is -2.58. The highest BCUT2D eigenvalue weighted by Gasteiger charge is 2.26. The molecule has 0 saturated carbocycles. The number of nitrogens with two attached hydrogens (primary N) is 1. The van der Waals surface area contributed by atoms with Gasteiger partial charge in [-0.15, -0.1) is 0 Å². The predicted molar refractivity (Wildman–Crippen MR) is 69.4 cm³/mol. The maximum atomic E-state index is 11.1. The quantitative estimate of drug-likeness (QED) is 0.792. The molecule has 1 atom stereocenters. The molecule has 0 aliphatic carbocycles. The smallest absolute Gasteiger partial charge is 0.483 e. The Hall–Kier alpha value is -1.66. The Kier molecular flexibility index (Phi) is 5.05. The first kappa shape index (κ1) is 14.4. The summed E-state index contributed by atoms with van der Waals surface area (Å²) in [6.45, 7) is 4.40. The van der Waals surface area contributed by atoms with Gasteiger partial charge in [-0.2, -0.15) is 0 Å². The minimum absolute atomic E-state index is 0.220. The van der Waals surface area contributed by atoms with Gasteiger partial charge < -0.3 is 14.6 Å². The third kappa shape index (κ3) is 3.97. The van der Waals surface area contributed by atoms with E-state index >= 15 is 0 Å². The highest BCUT2D eigenvalue weighted by Crippen LogP contribution is 2.08. The van der Waals surface area contributed by atoms with Crippen LogP contribution in [0.2, 0.25) is 0 Å². The molecule has 0 aliphatic heterocycles. The van der Waals surface area contributed by atoms with Crippen molar-refractivity contribution >= 4 is 26.4 Å². The first-order valence-corrected chi connectivity index (χ1v) is 7.12. The van der Waals surface area contributed by atoms with Gasteiger partial charge in [0.05, 0.1) is 0 Å². The fourth-order valence-corrected chi connectivity index (χ4v) is 3.40. The van der Waals surface area contributed by atoms with Gasteiger partial charge in [-0.3, -0.25) is 9.59 Å². The number of hydrogen-bond donors (Lipinski definition) is 1. The molecule has 98 valence electrons. The molecule has 0 saturated heterocycles. The lowest BCUT2D eigenvalue weighted by Crippen LogP contribution is -2.42. The summed E-state index contributed by atoms with van der Waals surface area (Å²) in [5, 5.41) is 0.720. The molecule has 0 aliphatic rings. The van der Waals surface area contributed by atoms with Crippen LogP contribution in [-0.2, 0) is 18.4 Å². The van der Waals surface area contributed by atoms with Crippen molar-refractivity contribution in [3.8, 4) is 0 Å². The Morgan fingerprint density at radius 1 is 1.17 bits per heavy atom. The number of carbonyl (C=O) groups excluding carboxylic acids is 2. The molecule has 1 aromatic carbocycles. The lowest BCUT2D eigenvalue weighted by molar-refractivity contribution is -0.137. The summed E-state index contributed by atoms with van der Waals surface area (Å²) in [7, 11) is -2.58. The van der Waals surface area contributed by atoms with Crippen LogP contribution in [0.1, 0.15) is 32.4 Å². The summed E-state index contributed by atoms with van der Waals surface area (Å²) >= 11 is 0. The summed E-state index contributed by atoms with van der Waals surface area (Å²) in [5.41, 5.74) is 6.69. The van der Waals surface area contributed by atoms with E-state index in [2.05, 4.69) is 0 Å². The molecule has 2 N–H and O–H groups in total. The summed E-state index contributed by atoms with van der Waals surface area (Å²) in [5.74, 6) is -0.931. The molecule has 1 aromatic rings. The molecular weight excluding hydrogens is 250 g/mol. The van der Waals surface area contributed by atoms with Crippen LogP contribution < -0.4 is 10.9 Å². The fourth-order valence-electron chi connectivity index (χ4n) is 1.59. The van der Waals surface area contributed by atoms with Crippen molar-refractivity contribution in [1.29, 1.82) is 0 Å². The predicted octanol–water partition coefficient (Wildman–Crippen LogP) is 0.260. The normalized spacial score (nSPS) is 12.1. The summed E-state index contributed by atoms with van der Waals surface area (Å²) < 4.78 is 10.3. The van der Waals surface area contributed by atoms with Gasteiger partial charge in [-0.1, -0.05) is 24.3 Å². The Morgan fingerprint density at radius 2 is 1.67 bits per heavy atom. The maximum Gasteiger partial charge on any atom is 0.483 e. The lowest BCUT2D eigenvalue weighted by Gasteiger charge is -2.19. The summed E-state index contributed by atoms with van der Waals surface area (Å²) in [6, 6.07) is 7.04. The zero-order chi connectivity index (χ0) is 13.7. The van der Waals surface area contributed by atoms with E-state index in [4.69, 9.17) is 14.6 Å². The van der Waals surface area contributed by atoms with E-state index in [1.165, 1.54) is 13.8 Å². The van der Waals surface area contributed by atoms with Crippen LogP contribution in [0.5, 0.6) is 0 Å². The van der Waals surface area contributed by atoms with E-state index in [9.17, 15) is 9.59 Å². The van der Waals surface area contributed by atoms with E-state index in [0.717, 1.165) is 10.8 Å². The number of benzene rings is 1. The van der Waals surface area contributed by atoms with Crippen LogP contribution in [-0.4, -0.2) is 21.2 Å². The van der Waals surface area contributed by atoms with E-state index < -0.39 is 21.2 Å². The van der Waals surface area contributed by atoms with E-state index in [1.54, 1.807) is 12.1 Å². The molecule has 0 spiro atoms. The summed E-state index contributed by atoms with van der Waals surface area (Å²) in [6.07, 6.45) is 0. The van der Waals surface area contributed by atoms with Gasteiger partial charge in [-0.25, -0.2) is 0 Å². The van der Waals surface area contributed by atoms with Crippen molar-refractivity contribution in [3.63, 3.8) is 0 Å². The second kappa shape index (κ2) is 6.32. The lowest BCUT2D eigenvalue weighted by atomic mass is 10.1. The van der Waals surface area contributed by atoms with Gasteiger partial charge in [0.25, 0.3) is 11.9 Å². The molecule has 0 radical (unpaired) electrons. The number of hydrogen-bond acceptors (Lipinski definition) is 5. The third-order valence-corrected chi connectivity index (χ3v) is 4.41. The second-order valence-electron chi connectivity index (χ2n) is 3.97. The van der Waals surface area contributed by atoms with E-state index in [-0.39, 0.29) is 6.04 Å². The number of rotatable bonds is 4. The van der Waals surface area contributed by atoms with Crippen molar-refractivity contribution in [3.05, 3.63) is 29.8 Å². The van der Waals surface area contributed by atoms with Gasteiger partial charge >= 0.3 is 9.28 Å². The molecular formula is C12H17NO4Si. The van der Waals surface area contributed by atoms with E-state index in [0.29, 0.717) is 0 Å². The molecule has 0 fully saturated rings. The SMILES string of the molecule is CC(=O)O[SiH](OC(C)=O)c1ccccc1C(C)N. The van der Waals surface area contributed by atoms with Gasteiger partial charge in [0, 0.05) is 25.1 Å². The van der Waals surface area contributed by atoms with Crippen LogP contribution >= 0.6 is 0 Å². The molecule has 1 rings (SSSR count). The Bertz CT molecular complexity index is 431. The molecule has 6 heteroatoms. The molecule has 0 bridgehead atoms. The van der Waals surface area contributed by atoms with Crippen LogP contribution in [0.4, 0.5) is 0 Å². The number of carbonyl (C=O) groups is 2. The van der Waals surface area contributed by atoms with Crippen molar-refractivity contribution in [2.75, 3.05) is 0 Å². The van der Waals surface area contributed by atoms with Crippen molar-refractivity contribution in [2.45, 2.75) is 26.8 Å². The van der Waals surface area contributed by atoms with Gasteiger partial charge in [0.1, 0.15) is 0 Å². The van der Waals surface area contributed by atoms with E-state index in [1.807, 2.05) is 19.1 Å². The first-order chi connectivity index (χ1) is 8.41. The standard InChI is InChI=1S/C12H17NO4Si/c1-8(13)11-6-4-5-7-12(11)18(16-9(2)14)17-10(3)15/h4-8,18H,13H2,1-3H3. The Balaban J connectivity index is 3.11. The molecule has 1 unspecified atom stereocenters. The van der Waals surface area contributed by atoms with Gasteiger partial charge in [0.2, 0.25) is 0 Å². The average molecular weight is 267 g/mol. The highest BCUT2D eigenvalue weighted by molar-refractivity contribution is 6.64. The van der Waals surface area contributed by atoms with Crippen molar-refractivity contribution in [2.24, 2.45) is 5.73 Å². The average Bonchev–Trinajstić information content (AvgIpc) is 2.26. The van der Waals surface area contributed by atoms with Crippen LogP contribution in [0.3, 0.4) is 0 Å². The fraction of sp³-hybridized carbons (Fsp3) is 0.333. The molecule has 0 aromatic heterocycles. The first-order valence-electron chi connectivity index (χ1n) is 5.60. The van der Waals surface area contributed by atoms with Crippen molar-refractivity contribution < 1.29 is 18.4 Å². The molecule has 0 heterocycles. The summed E-state index contributed by atoms with van der Waals surface area (Å²) in [4.78, 5) is 22.2. The minimum Gasteiger partial charge on any atom is -0.484 e. The zero-order valence-corrected chi connectivity index (χ0v) is 11.8. The van der Waals surface area contributed by atoms with Crippen LogP contribution in [0.15, 0.2) is 24.3 Å². The van der Waals surface area contributed by atoms with Crippen LogP contribution in [0.25, 0.3) is 0 Å². The van der Waals surface area contributed by atoms with Gasteiger partial charge in [0.15, 0.2) is 0 Å².